The highest BCUT2D eigenvalue weighted by molar-refractivity contribution is 5.78. The lowest BCUT2D eigenvalue weighted by molar-refractivity contribution is -0.123. The van der Waals surface area contributed by atoms with Gasteiger partial charge in [-0.25, -0.2) is 5.43 Å². The Kier molecular flexibility index (Phi) is 5.79. The van der Waals surface area contributed by atoms with Crippen molar-refractivity contribution in [3.8, 4) is 5.75 Å². The molecule has 1 aromatic carbocycles. The van der Waals surface area contributed by atoms with Gasteiger partial charge in [-0.3, -0.25) is 4.79 Å². The first-order valence-corrected chi connectivity index (χ1v) is 5.72. The van der Waals surface area contributed by atoms with Gasteiger partial charge in [0.2, 0.25) is 0 Å². The highest BCUT2D eigenvalue weighted by atomic mass is 16.5. The van der Waals surface area contributed by atoms with E-state index >= 15 is 0 Å². The van der Waals surface area contributed by atoms with E-state index in [1.165, 1.54) is 0 Å². The molecule has 0 radical (unpaired) electrons. The molecule has 0 bridgehead atoms. The number of carbonyl (C=O) groups excluding carboxylic acids is 1. The molecule has 0 saturated carbocycles. The quantitative estimate of drug-likeness (QED) is 0.606. The number of unbranched alkanes of at least 4 members (excludes halogenated alkanes) is 1. The third-order valence-corrected chi connectivity index (χ3v) is 2.06. The minimum Gasteiger partial charge on any atom is -0.484 e. The van der Waals surface area contributed by atoms with Crippen molar-refractivity contribution in [2.75, 3.05) is 6.61 Å². The van der Waals surface area contributed by atoms with E-state index in [1.54, 1.807) is 6.21 Å². The summed E-state index contributed by atoms with van der Waals surface area (Å²) in [5.74, 6) is 0.441. The van der Waals surface area contributed by atoms with Gasteiger partial charge in [-0.2, -0.15) is 5.10 Å². The number of nitrogens with one attached hydrogen (secondary N) is 1. The molecule has 1 aromatic rings. The molecule has 0 atom stereocenters. The number of amides is 1. The van der Waals surface area contributed by atoms with Gasteiger partial charge in [0.15, 0.2) is 6.61 Å². The minimum absolute atomic E-state index is 0.0209. The normalized spacial score (nSPS) is 10.5. The topological polar surface area (TPSA) is 50.7 Å². The lowest BCUT2D eigenvalue weighted by atomic mass is 10.2. The van der Waals surface area contributed by atoms with E-state index in [4.69, 9.17) is 4.74 Å². The van der Waals surface area contributed by atoms with Crippen molar-refractivity contribution in [2.24, 2.45) is 5.10 Å². The zero-order valence-corrected chi connectivity index (χ0v) is 10.3. The van der Waals surface area contributed by atoms with Gasteiger partial charge in [0.05, 0.1) is 0 Å². The average Bonchev–Trinajstić information content (AvgIpc) is 2.32. The summed E-state index contributed by atoms with van der Waals surface area (Å²) in [5, 5.41) is 3.79. The molecule has 1 rings (SSSR count). The molecular weight excluding hydrogens is 216 g/mol. The summed E-state index contributed by atoms with van der Waals surface area (Å²) in [4.78, 5) is 11.3. The number of hydrazone groups is 1. The van der Waals surface area contributed by atoms with Crippen LogP contribution < -0.4 is 10.2 Å². The fourth-order valence-corrected chi connectivity index (χ4v) is 1.20. The predicted octanol–water partition coefficient (Wildman–Crippen LogP) is 2.28. The zero-order valence-electron chi connectivity index (χ0n) is 10.3. The van der Waals surface area contributed by atoms with Crippen molar-refractivity contribution in [1.29, 1.82) is 0 Å². The van der Waals surface area contributed by atoms with Crippen LogP contribution in [0, 0.1) is 6.92 Å². The van der Waals surface area contributed by atoms with Crippen molar-refractivity contribution in [3.63, 3.8) is 0 Å². The fourth-order valence-electron chi connectivity index (χ4n) is 1.20. The Morgan fingerprint density at radius 3 is 3.06 bits per heavy atom. The first-order chi connectivity index (χ1) is 8.22. The Morgan fingerprint density at radius 1 is 1.53 bits per heavy atom. The number of hydrogen-bond acceptors (Lipinski definition) is 3. The van der Waals surface area contributed by atoms with Crippen LogP contribution >= 0.6 is 0 Å². The summed E-state index contributed by atoms with van der Waals surface area (Å²) in [7, 11) is 0. The van der Waals surface area contributed by atoms with Crippen molar-refractivity contribution in [2.45, 2.75) is 26.7 Å². The van der Waals surface area contributed by atoms with Crippen LogP contribution in [0.2, 0.25) is 0 Å². The molecule has 0 heterocycles. The predicted molar refractivity (Wildman–Crippen MR) is 68.2 cm³/mol. The Morgan fingerprint density at radius 2 is 2.35 bits per heavy atom. The maximum Gasteiger partial charge on any atom is 0.277 e. The SMILES string of the molecule is CCCC=NNC(=O)COc1cccc(C)c1. The standard InChI is InChI=1S/C13H18N2O2/c1-3-4-8-14-15-13(16)10-17-12-7-5-6-11(2)9-12/h5-9H,3-4,10H2,1-2H3,(H,15,16). The second-order valence-electron chi connectivity index (χ2n) is 3.74. The summed E-state index contributed by atoms with van der Waals surface area (Å²) < 4.78 is 5.32. The largest absolute Gasteiger partial charge is 0.484 e. The van der Waals surface area contributed by atoms with E-state index in [0.717, 1.165) is 18.4 Å². The molecule has 1 amide bonds. The van der Waals surface area contributed by atoms with Crippen molar-refractivity contribution in [1.82, 2.24) is 5.43 Å². The van der Waals surface area contributed by atoms with Crippen LogP contribution in [-0.2, 0) is 4.79 Å². The van der Waals surface area contributed by atoms with Crippen molar-refractivity contribution >= 4 is 12.1 Å². The molecule has 4 heteroatoms. The summed E-state index contributed by atoms with van der Waals surface area (Å²) in [6.07, 6.45) is 3.56. The number of ether oxygens (including phenoxy) is 1. The summed E-state index contributed by atoms with van der Waals surface area (Å²) in [6.45, 7) is 4.00. The first kappa shape index (κ1) is 13.2. The molecule has 0 aliphatic heterocycles. The summed E-state index contributed by atoms with van der Waals surface area (Å²) in [6, 6.07) is 7.57. The molecule has 0 fully saturated rings. The van der Waals surface area contributed by atoms with Crippen LogP contribution in [0.1, 0.15) is 25.3 Å². The monoisotopic (exact) mass is 234 g/mol. The van der Waals surface area contributed by atoms with Gasteiger partial charge >= 0.3 is 0 Å². The molecule has 1 N–H and O–H groups in total. The van der Waals surface area contributed by atoms with E-state index in [0.29, 0.717) is 5.75 Å². The van der Waals surface area contributed by atoms with Gasteiger partial charge in [0.1, 0.15) is 5.75 Å². The van der Waals surface area contributed by atoms with Crippen molar-refractivity contribution in [3.05, 3.63) is 29.8 Å². The van der Waals surface area contributed by atoms with E-state index in [2.05, 4.69) is 17.5 Å². The van der Waals surface area contributed by atoms with E-state index < -0.39 is 0 Å². The number of carbonyl (C=O) groups is 1. The maximum absolute atomic E-state index is 11.3. The highest BCUT2D eigenvalue weighted by Crippen LogP contribution is 2.11. The second-order valence-corrected chi connectivity index (χ2v) is 3.74. The van der Waals surface area contributed by atoms with Gasteiger partial charge in [-0.1, -0.05) is 25.5 Å². The molecule has 0 aromatic heterocycles. The Hall–Kier alpha value is -1.84. The van der Waals surface area contributed by atoms with Gasteiger partial charge in [0.25, 0.3) is 5.91 Å². The molecule has 0 spiro atoms. The number of hydrogen-bond donors (Lipinski definition) is 1. The van der Waals surface area contributed by atoms with Gasteiger partial charge in [-0.15, -0.1) is 0 Å². The molecule has 17 heavy (non-hydrogen) atoms. The van der Waals surface area contributed by atoms with Gasteiger partial charge in [0, 0.05) is 6.21 Å². The van der Waals surface area contributed by atoms with E-state index in [-0.39, 0.29) is 12.5 Å². The maximum atomic E-state index is 11.3. The van der Waals surface area contributed by atoms with E-state index in [9.17, 15) is 4.79 Å². The Balaban J connectivity index is 2.28. The Bertz CT molecular complexity index is 389. The van der Waals surface area contributed by atoms with Crippen LogP contribution in [0.3, 0.4) is 0 Å². The number of rotatable bonds is 6. The van der Waals surface area contributed by atoms with Gasteiger partial charge < -0.3 is 4.74 Å². The van der Waals surface area contributed by atoms with Crippen LogP contribution in [0.4, 0.5) is 0 Å². The number of nitrogens with zero attached hydrogens (tertiary/aromatic N) is 1. The lowest BCUT2D eigenvalue weighted by Gasteiger charge is -2.05. The molecule has 0 saturated heterocycles. The van der Waals surface area contributed by atoms with Crippen LogP contribution in [0.5, 0.6) is 5.75 Å². The smallest absolute Gasteiger partial charge is 0.277 e. The number of benzene rings is 1. The molecule has 4 nitrogen and oxygen atoms in total. The number of aryl methyl sites for hydroxylation is 1. The zero-order chi connectivity index (χ0) is 12.5. The summed E-state index contributed by atoms with van der Waals surface area (Å²) >= 11 is 0. The van der Waals surface area contributed by atoms with E-state index in [1.807, 2.05) is 31.2 Å². The highest BCUT2D eigenvalue weighted by Gasteiger charge is 2.00. The third kappa shape index (κ3) is 5.70. The minimum atomic E-state index is -0.251. The molecule has 0 aliphatic carbocycles. The van der Waals surface area contributed by atoms with Gasteiger partial charge in [-0.05, 0) is 31.0 Å². The molecule has 92 valence electrons. The first-order valence-electron chi connectivity index (χ1n) is 5.72. The third-order valence-electron chi connectivity index (χ3n) is 2.06. The Labute approximate surface area is 102 Å². The van der Waals surface area contributed by atoms with Crippen LogP contribution in [0.25, 0.3) is 0 Å². The second kappa shape index (κ2) is 7.44. The molecule has 0 aliphatic rings. The van der Waals surface area contributed by atoms with Crippen LogP contribution in [-0.4, -0.2) is 18.7 Å². The molecular formula is C13H18N2O2. The fraction of sp³-hybridized carbons (Fsp3) is 0.385. The lowest BCUT2D eigenvalue weighted by Crippen LogP contribution is -2.24. The van der Waals surface area contributed by atoms with Crippen LogP contribution in [0.15, 0.2) is 29.4 Å². The average molecular weight is 234 g/mol. The van der Waals surface area contributed by atoms with Crippen molar-refractivity contribution < 1.29 is 9.53 Å². The summed E-state index contributed by atoms with van der Waals surface area (Å²) in [5.41, 5.74) is 3.51. The molecule has 0 unspecified atom stereocenters.